The summed E-state index contributed by atoms with van der Waals surface area (Å²) < 4.78 is 0. The first kappa shape index (κ1) is 21.3. The van der Waals surface area contributed by atoms with Crippen molar-refractivity contribution >= 4 is 29.4 Å². The smallest absolute Gasteiger partial charge is 0.255 e. The van der Waals surface area contributed by atoms with E-state index in [0.717, 1.165) is 47.7 Å². The molecule has 1 aliphatic rings. The van der Waals surface area contributed by atoms with E-state index in [-0.39, 0.29) is 5.91 Å². The summed E-state index contributed by atoms with van der Waals surface area (Å²) in [4.78, 5) is 16.9. The van der Waals surface area contributed by atoms with Gasteiger partial charge in [0.25, 0.3) is 5.91 Å². The molecule has 0 bridgehead atoms. The fourth-order valence-electron chi connectivity index (χ4n) is 3.29. The third-order valence-corrected chi connectivity index (χ3v) is 4.81. The summed E-state index contributed by atoms with van der Waals surface area (Å²) in [6.45, 7) is 4.85. The number of nitrogens with one attached hydrogen (secondary N) is 2. The first-order valence-electron chi connectivity index (χ1n) is 10.6. The molecule has 1 heterocycles. The monoisotopic (exact) mass is 399 g/mol. The fourth-order valence-corrected chi connectivity index (χ4v) is 3.29. The first-order valence-corrected chi connectivity index (χ1v) is 10.6. The van der Waals surface area contributed by atoms with Crippen LogP contribution in [-0.2, 0) is 6.42 Å². The fraction of sp³-hybridized carbons (Fsp3) is 0.231. The molecule has 2 aromatic carbocycles. The number of hydrogen-bond donors (Lipinski definition) is 2. The van der Waals surface area contributed by atoms with Crippen LogP contribution in [0.25, 0.3) is 12.2 Å². The second-order valence-corrected chi connectivity index (χ2v) is 6.88. The van der Waals surface area contributed by atoms with E-state index in [2.05, 4.69) is 52.0 Å². The summed E-state index contributed by atoms with van der Waals surface area (Å²) in [5, 5.41) is 8.41. The van der Waals surface area contributed by atoms with E-state index in [9.17, 15) is 4.79 Å². The normalized spacial score (nSPS) is 11.7. The van der Waals surface area contributed by atoms with Gasteiger partial charge in [-0.15, -0.1) is 0 Å². The summed E-state index contributed by atoms with van der Waals surface area (Å²) in [6.07, 6.45) is 9.01. The standard InChI is InChI=1S/C24H23N3O.C2H6/c28-24(27-22-16-20-8-4-5-9-23(20)26-17-22)19-10-12-21(13-11-19)25-15-14-18-6-2-1-3-7-18;1-2/h1-3,6-13,16-17,25H,4-5,14-15H2,(H,27,28);1-2H3. The predicted molar refractivity (Wildman–Crippen MR) is 126 cm³/mol. The quantitative estimate of drug-likeness (QED) is 0.647. The Labute approximate surface area is 178 Å². The molecule has 3 aromatic rings. The van der Waals surface area contributed by atoms with Gasteiger partial charge >= 0.3 is 0 Å². The van der Waals surface area contributed by atoms with Gasteiger partial charge in [0.2, 0.25) is 0 Å². The van der Waals surface area contributed by atoms with E-state index in [1.165, 1.54) is 5.56 Å². The Morgan fingerprint density at radius 1 is 0.933 bits per heavy atom. The van der Waals surface area contributed by atoms with Crippen LogP contribution < -0.4 is 21.2 Å². The van der Waals surface area contributed by atoms with Crippen molar-refractivity contribution in [2.75, 3.05) is 17.2 Å². The van der Waals surface area contributed by atoms with E-state index in [1.807, 2.05) is 50.2 Å². The molecule has 0 fully saturated rings. The number of benzene rings is 2. The van der Waals surface area contributed by atoms with Crippen LogP contribution in [0.15, 0.2) is 66.9 Å². The molecule has 0 radical (unpaired) electrons. The maximum Gasteiger partial charge on any atom is 0.255 e. The van der Waals surface area contributed by atoms with Crippen LogP contribution in [-0.4, -0.2) is 17.4 Å². The number of hydrogen-bond acceptors (Lipinski definition) is 3. The van der Waals surface area contributed by atoms with Crippen LogP contribution in [0.2, 0.25) is 0 Å². The van der Waals surface area contributed by atoms with Gasteiger partial charge in [-0.05, 0) is 60.4 Å². The van der Waals surface area contributed by atoms with Crippen molar-refractivity contribution < 1.29 is 4.79 Å². The van der Waals surface area contributed by atoms with Gasteiger partial charge < -0.3 is 10.6 Å². The van der Waals surface area contributed by atoms with E-state index in [0.29, 0.717) is 5.56 Å². The number of pyridine rings is 1. The zero-order valence-corrected chi connectivity index (χ0v) is 17.7. The van der Waals surface area contributed by atoms with Crippen molar-refractivity contribution in [1.29, 1.82) is 0 Å². The van der Waals surface area contributed by atoms with Crippen LogP contribution >= 0.6 is 0 Å². The lowest BCUT2D eigenvalue weighted by molar-refractivity contribution is 0.102. The summed E-state index contributed by atoms with van der Waals surface area (Å²) in [7, 11) is 0. The van der Waals surface area contributed by atoms with Crippen molar-refractivity contribution in [1.82, 2.24) is 4.98 Å². The predicted octanol–water partition coefficient (Wildman–Crippen LogP) is 4.37. The number of nitrogens with zero attached hydrogens (tertiary/aromatic N) is 1. The van der Waals surface area contributed by atoms with Crippen molar-refractivity contribution in [2.45, 2.75) is 33.1 Å². The van der Waals surface area contributed by atoms with Crippen molar-refractivity contribution in [2.24, 2.45) is 0 Å². The minimum atomic E-state index is -0.127. The molecule has 1 amide bonds. The Morgan fingerprint density at radius 2 is 1.67 bits per heavy atom. The number of carbonyl (C=O) groups is 1. The highest BCUT2D eigenvalue weighted by molar-refractivity contribution is 6.04. The molecule has 154 valence electrons. The molecule has 4 heteroatoms. The second kappa shape index (κ2) is 11.0. The van der Waals surface area contributed by atoms with Gasteiger partial charge in [-0.1, -0.05) is 56.3 Å². The van der Waals surface area contributed by atoms with Gasteiger partial charge in [0, 0.05) is 17.8 Å². The SMILES string of the molecule is CC.O=C(Nc1cnc2c(c1)=CCCC=2)c1ccc(NCCc2ccccc2)cc1. The van der Waals surface area contributed by atoms with E-state index in [4.69, 9.17) is 0 Å². The Morgan fingerprint density at radius 3 is 2.43 bits per heavy atom. The van der Waals surface area contributed by atoms with Gasteiger partial charge in [-0.3, -0.25) is 9.78 Å². The number of rotatable bonds is 6. The molecule has 2 N–H and O–H groups in total. The Bertz CT molecular complexity index is 1070. The molecule has 0 atom stereocenters. The van der Waals surface area contributed by atoms with E-state index in [1.54, 1.807) is 6.20 Å². The van der Waals surface area contributed by atoms with Gasteiger partial charge in [-0.25, -0.2) is 0 Å². The molecule has 4 rings (SSSR count). The van der Waals surface area contributed by atoms with Crippen LogP contribution in [0.1, 0.15) is 42.6 Å². The summed E-state index contributed by atoms with van der Waals surface area (Å²) in [5.74, 6) is -0.127. The van der Waals surface area contributed by atoms with E-state index < -0.39 is 0 Å². The topological polar surface area (TPSA) is 54.0 Å². The molecule has 0 spiro atoms. The zero-order valence-electron chi connectivity index (χ0n) is 17.7. The molecule has 0 saturated heterocycles. The summed E-state index contributed by atoms with van der Waals surface area (Å²) in [6, 6.07) is 19.9. The highest BCUT2D eigenvalue weighted by atomic mass is 16.1. The number of anilines is 2. The second-order valence-electron chi connectivity index (χ2n) is 6.88. The molecule has 0 unspecified atom stereocenters. The average Bonchev–Trinajstić information content (AvgIpc) is 2.81. The number of amides is 1. The van der Waals surface area contributed by atoms with Crippen molar-refractivity contribution in [3.63, 3.8) is 0 Å². The Balaban J connectivity index is 0.00000124. The zero-order chi connectivity index (χ0) is 21.2. The Hall–Kier alpha value is -3.40. The van der Waals surface area contributed by atoms with Crippen LogP contribution in [0.3, 0.4) is 0 Å². The highest BCUT2D eigenvalue weighted by Gasteiger charge is 2.07. The van der Waals surface area contributed by atoms with Crippen LogP contribution in [0.5, 0.6) is 0 Å². The van der Waals surface area contributed by atoms with Gasteiger partial charge in [0.05, 0.1) is 17.2 Å². The largest absolute Gasteiger partial charge is 0.385 e. The molecule has 1 aromatic heterocycles. The number of carbonyl (C=O) groups excluding carboxylic acids is 1. The minimum absolute atomic E-state index is 0.127. The molecule has 0 aliphatic heterocycles. The Kier molecular flexibility index (Phi) is 7.78. The number of fused-ring (bicyclic) bond motifs is 1. The van der Waals surface area contributed by atoms with Crippen molar-refractivity contribution in [3.05, 3.63) is 88.6 Å². The molecule has 1 aliphatic carbocycles. The van der Waals surface area contributed by atoms with Crippen LogP contribution in [0.4, 0.5) is 11.4 Å². The average molecular weight is 400 g/mol. The molecule has 30 heavy (non-hydrogen) atoms. The third-order valence-electron chi connectivity index (χ3n) is 4.81. The van der Waals surface area contributed by atoms with Gasteiger partial charge in [0.1, 0.15) is 0 Å². The van der Waals surface area contributed by atoms with Gasteiger partial charge in [-0.2, -0.15) is 0 Å². The lowest BCUT2D eigenvalue weighted by atomic mass is 10.1. The molecule has 0 saturated carbocycles. The highest BCUT2D eigenvalue weighted by Crippen LogP contribution is 2.12. The summed E-state index contributed by atoms with van der Waals surface area (Å²) in [5.41, 5.74) is 3.66. The minimum Gasteiger partial charge on any atom is -0.385 e. The maximum absolute atomic E-state index is 12.5. The van der Waals surface area contributed by atoms with Gasteiger partial charge in [0.15, 0.2) is 0 Å². The molecular weight excluding hydrogens is 370 g/mol. The first-order chi connectivity index (χ1) is 14.8. The lowest BCUT2D eigenvalue weighted by Crippen LogP contribution is -2.30. The summed E-state index contributed by atoms with van der Waals surface area (Å²) >= 11 is 0. The third kappa shape index (κ3) is 5.80. The van der Waals surface area contributed by atoms with E-state index >= 15 is 0 Å². The molecular formula is C26H29N3O. The lowest BCUT2D eigenvalue weighted by Gasteiger charge is -2.09. The molecule has 4 nitrogen and oxygen atoms in total. The number of aromatic nitrogens is 1. The maximum atomic E-state index is 12.5. The van der Waals surface area contributed by atoms with Crippen LogP contribution in [0, 0.1) is 0 Å². The van der Waals surface area contributed by atoms with Crippen molar-refractivity contribution in [3.8, 4) is 0 Å².